The Balaban J connectivity index is 1.34. The molecule has 4 rings (SSSR count). The predicted octanol–water partition coefficient (Wildman–Crippen LogP) is 3.13. The largest absolute Gasteiger partial charge is 0.493 e. The molecule has 3 heterocycles. The number of rotatable bonds is 6. The van der Waals surface area contributed by atoms with Gasteiger partial charge in [-0.3, -0.25) is 9.69 Å². The zero-order valence-electron chi connectivity index (χ0n) is 15.4. The molecule has 1 amide bonds. The first-order chi connectivity index (χ1) is 13.2. The first kappa shape index (κ1) is 18.1. The fourth-order valence-corrected chi connectivity index (χ4v) is 4.37. The second kappa shape index (κ2) is 8.19. The van der Waals surface area contributed by atoms with Gasteiger partial charge < -0.3 is 19.5 Å². The van der Waals surface area contributed by atoms with Gasteiger partial charge in [0.2, 0.25) is 12.5 Å². The summed E-state index contributed by atoms with van der Waals surface area (Å²) in [5.74, 6) is 2.66. The summed E-state index contributed by atoms with van der Waals surface area (Å²) < 4.78 is 16.4. The predicted molar refractivity (Wildman–Crippen MR) is 104 cm³/mol. The highest BCUT2D eigenvalue weighted by Gasteiger charge is 2.24. The highest BCUT2D eigenvalue weighted by atomic mass is 32.1. The minimum absolute atomic E-state index is 0.0302. The number of hydrogen-bond acceptors (Lipinski definition) is 6. The van der Waals surface area contributed by atoms with Gasteiger partial charge in [-0.05, 0) is 54.4 Å². The lowest BCUT2D eigenvalue weighted by atomic mass is 9.97. The number of benzene rings is 1. The number of hydrogen-bond donors (Lipinski definition) is 1. The molecule has 2 aliphatic heterocycles. The number of nitrogens with zero attached hydrogens (tertiary/aromatic N) is 1. The highest BCUT2D eigenvalue weighted by Crippen LogP contribution is 2.42. The molecule has 2 aromatic rings. The summed E-state index contributed by atoms with van der Waals surface area (Å²) in [7, 11) is 1.65. The van der Waals surface area contributed by atoms with Crippen molar-refractivity contribution in [3.05, 3.63) is 40.1 Å². The van der Waals surface area contributed by atoms with Gasteiger partial charge in [-0.25, -0.2) is 0 Å². The second-order valence-electron chi connectivity index (χ2n) is 6.96. The van der Waals surface area contributed by atoms with Gasteiger partial charge in [-0.1, -0.05) is 6.07 Å². The molecule has 0 radical (unpaired) electrons. The summed E-state index contributed by atoms with van der Waals surface area (Å²) in [5.41, 5.74) is 1.15. The van der Waals surface area contributed by atoms with Crippen LogP contribution in [0.2, 0.25) is 0 Å². The van der Waals surface area contributed by atoms with Crippen molar-refractivity contribution in [1.82, 2.24) is 10.2 Å². The van der Waals surface area contributed by atoms with Crippen LogP contribution >= 0.6 is 11.3 Å². The van der Waals surface area contributed by atoms with E-state index in [0.717, 1.165) is 61.0 Å². The van der Waals surface area contributed by atoms with Crippen LogP contribution < -0.4 is 19.5 Å². The first-order valence-electron chi connectivity index (χ1n) is 9.23. The molecule has 0 aliphatic carbocycles. The highest BCUT2D eigenvalue weighted by molar-refractivity contribution is 7.12. The first-order valence-corrected chi connectivity index (χ1v) is 10.1. The summed E-state index contributed by atoms with van der Waals surface area (Å²) in [4.78, 5) is 15.4. The number of likely N-dealkylation sites (tertiary alicyclic amines) is 1. The maximum absolute atomic E-state index is 12.1. The summed E-state index contributed by atoms with van der Waals surface area (Å²) >= 11 is 1.48. The summed E-state index contributed by atoms with van der Waals surface area (Å²) in [6.45, 7) is 3.83. The van der Waals surface area contributed by atoms with Crippen molar-refractivity contribution in [2.75, 3.05) is 33.5 Å². The zero-order valence-corrected chi connectivity index (χ0v) is 16.2. The number of methoxy groups -OCH3 is 1. The number of carbonyl (C=O) groups is 1. The van der Waals surface area contributed by atoms with E-state index in [1.54, 1.807) is 7.11 Å². The van der Waals surface area contributed by atoms with Gasteiger partial charge in [0.15, 0.2) is 11.5 Å². The minimum atomic E-state index is 0.0302. The fraction of sp³-hybridized carbons (Fsp3) is 0.450. The average molecular weight is 388 g/mol. The Bertz CT molecular complexity index is 794. The minimum Gasteiger partial charge on any atom is -0.493 e. The zero-order chi connectivity index (χ0) is 18.6. The monoisotopic (exact) mass is 388 g/mol. The van der Waals surface area contributed by atoms with E-state index < -0.39 is 0 Å². The van der Waals surface area contributed by atoms with Crippen LogP contribution in [0.3, 0.4) is 0 Å². The second-order valence-corrected chi connectivity index (χ2v) is 7.91. The van der Waals surface area contributed by atoms with Crippen LogP contribution in [0.4, 0.5) is 0 Å². The van der Waals surface area contributed by atoms with E-state index in [0.29, 0.717) is 11.7 Å². The Kier molecular flexibility index (Phi) is 5.50. The van der Waals surface area contributed by atoms with Crippen molar-refractivity contribution >= 4 is 17.2 Å². The van der Waals surface area contributed by atoms with Crippen molar-refractivity contribution in [2.45, 2.75) is 19.4 Å². The lowest BCUT2D eigenvalue weighted by Gasteiger charge is -2.33. The lowest BCUT2D eigenvalue weighted by Crippen LogP contribution is -2.40. The smallest absolute Gasteiger partial charge is 0.261 e. The van der Waals surface area contributed by atoms with Crippen LogP contribution in [0.5, 0.6) is 17.2 Å². The molecule has 144 valence electrons. The molecule has 0 saturated carbocycles. The molecule has 0 bridgehead atoms. The number of ether oxygens (including phenoxy) is 3. The Morgan fingerprint density at radius 1 is 1.41 bits per heavy atom. The third-order valence-electron chi connectivity index (χ3n) is 5.02. The number of carbonyl (C=O) groups excluding carboxylic acids is 1. The average Bonchev–Trinajstić information content (AvgIpc) is 3.37. The molecule has 27 heavy (non-hydrogen) atoms. The third-order valence-corrected chi connectivity index (χ3v) is 5.89. The van der Waals surface area contributed by atoms with E-state index >= 15 is 0 Å². The Labute approximate surface area is 163 Å². The van der Waals surface area contributed by atoms with E-state index in [2.05, 4.69) is 10.2 Å². The van der Waals surface area contributed by atoms with E-state index in [-0.39, 0.29) is 12.7 Å². The van der Waals surface area contributed by atoms with E-state index in [1.165, 1.54) is 11.3 Å². The molecule has 6 nitrogen and oxygen atoms in total. The Morgan fingerprint density at radius 2 is 2.33 bits per heavy atom. The topological polar surface area (TPSA) is 60.0 Å². The molecule has 1 atom stereocenters. The van der Waals surface area contributed by atoms with Gasteiger partial charge in [0, 0.05) is 19.6 Å². The van der Waals surface area contributed by atoms with Crippen LogP contribution in [0, 0.1) is 5.92 Å². The van der Waals surface area contributed by atoms with E-state index in [1.807, 2.05) is 29.6 Å². The summed E-state index contributed by atoms with van der Waals surface area (Å²) in [6, 6.07) is 7.82. The molecule has 7 heteroatoms. The normalized spacial score (nSPS) is 19.1. The summed E-state index contributed by atoms with van der Waals surface area (Å²) in [5, 5.41) is 5.01. The molecule has 1 fully saturated rings. The van der Waals surface area contributed by atoms with Gasteiger partial charge >= 0.3 is 0 Å². The molecular formula is C20H24N2O4S. The molecule has 1 aromatic carbocycles. The van der Waals surface area contributed by atoms with Gasteiger partial charge in [0.25, 0.3) is 5.91 Å². The maximum Gasteiger partial charge on any atom is 0.261 e. The Hall–Kier alpha value is -2.25. The van der Waals surface area contributed by atoms with Crippen LogP contribution in [0.1, 0.15) is 28.1 Å². The van der Waals surface area contributed by atoms with Crippen molar-refractivity contribution in [3.8, 4) is 17.2 Å². The number of nitrogens with one attached hydrogen (secondary N) is 1. The molecular weight excluding hydrogens is 364 g/mol. The van der Waals surface area contributed by atoms with Crippen molar-refractivity contribution in [3.63, 3.8) is 0 Å². The van der Waals surface area contributed by atoms with Crippen molar-refractivity contribution in [2.24, 2.45) is 5.92 Å². The Morgan fingerprint density at radius 3 is 3.15 bits per heavy atom. The number of thiophene rings is 1. The molecule has 0 spiro atoms. The van der Waals surface area contributed by atoms with Crippen LogP contribution in [-0.2, 0) is 6.54 Å². The van der Waals surface area contributed by atoms with Crippen molar-refractivity contribution in [1.29, 1.82) is 0 Å². The van der Waals surface area contributed by atoms with E-state index in [4.69, 9.17) is 14.2 Å². The standard InChI is InChI=1S/C20H24N2O4S/c1-24-16-8-15(9-17-19(16)26-13-25-17)12-22-6-2-4-14(11-22)10-21-20(23)18-5-3-7-27-18/h3,5,7-9,14H,2,4,6,10-13H2,1H3,(H,21,23). The van der Waals surface area contributed by atoms with Gasteiger partial charge in [0.05, 0.1) is 12.0 Å². The molecule has 2 aliphatic rings. The lowest BCUT2D eigenvalue weighted by molar-refractivity contribution is 0.0934. The molecule has 1 N–H and O–H groups in total. The number of amides is 1. The molecule has 1 aromatic heterocycles. The molecule has 1 unspecified atom stereocenters. The van der Waals surface area contributed by atoms with Crippen LogP contribution in [-0.4, -0.2) is 44.3 Å². The third kappa shape index (κ3) is 4.20. The van der Waals surface area contributed by atoms with Gasteiger partial charge in [-0.15, -0.1) is 11.3 Å². The van der Waals surface area contributed by atoms with Crippen LogP contribution in [0.25, 0.3) is 0 Å². The maximum atomic E-state index is 12.1. The van der Waals surface area contributed by atoms with Gasteiger partial charge in [0.1, 0.15) is 0 Å². The number of piperidine rings is 1. The molecule has 1 saturated heterocycles. The fourth-order valence-electron chi connectivity index (χ4n) is 3.73. The SMILES string of the molecule is COc1cc(CN2CCCC(CNC(=O)c3cccs3)C2)cc2c1OCO2. The van der Waals surface area contributed by atoms with Crippen LogP contribution in [0.15, 0.2) is 29.6 Å². The quantitative estimate of drug-likeness (QED) is 0.824. The van der Waals surface area contributed by atoms with E-state index in [9.17, 15) is 4.79 Å². The van der Waals surface area contributed by atoms with Gasteiger partial charge in [-0.2, -0.15) is 0 Å². The summed E-state index contributed by atoms with van der Waals surface area (Å²) in [6.07, 6.45) is 2.28. The number of fused-ring (bicyclic) bond motifs is 1. The van der Waals surface area contributed by atoms with Crippen molar-refractivity contribution < 1.29 is 19.0 Å².